The van der Waals surface area contributed by atoms with Gasteiger partial charge in [-0.05, 0) is 44.0 Å². The molecule has 0 spiro atoms. The number of hydrogen-bond donors (Lipinski definition) is 3. The Balaban J connectivity index is 2.81. The number of rotatable bonds is 7. The van der Waals surface area contributed by atoms with Crippen LogP contribution >= 0.6 is 0 Å². The summed E-state index contributed by atoms with van der Waals surface area (Å²) in [5.74, 6) is -1.91. The van der Waals surface area contributed by atoms with Crippen molar-refractivity contribution in [3.05, 3.63) is 35.4 Å². The molecule has 3 N–H and O–H groups in total. The van der Waals surface area contributed by atoms with E-state index in [0.29, 0.717) is 17.5 Å². The quantitative estimate of drug-likeness (QED) is 0.716. The highest BCUT2D eigenvalue weighted by molar-refractivity contribution is 5.99. The standard InChI is InChI=1S/C17H24N2O4/c1-5-11(4)14(17(22)23)19-16(21)13-8-6-12(7-9-13)15(20)18-10(2)3/h6-11,14H,5H2,1-4H3,(H,18,20)(H,19,21)(H,22,23)/t11-,14-/m0/s1. The van der Waals surface area contributed by atoms with Crippen molar-refractivity contribution in [3.63, 3.8) is 0 Å². The summed E-state index contributed by atoms with van der Waals surface area (Å²) in [6.07, 6.45) is 0.644. The highest BCUT2D eigenvalue weighted by atomic mass is 16.4. The van der Waals surface area contributed by atoms with Gasteiger partial charge in [0, 0.05) is 17.2 Å². The van der Waals surface area contributed by atoms with Crippen LogP contribution in [0.25, 0.3) is 0 Å². The van der Waals surface area contributed by atoms with E-state index in [1.807, 2.05) is 20.8 Å². The molecule has 1 aromatic carbocycles. The van der Waals surface area contributed by atoms with E-state index in [1.54, 1.807) is 19.1 Å². The number of carbonyl (C=O) groups excluding carboxylic acids is 2. The van der Waals surface area contributed by atoms with Crippen molar-refractivity contribution in [1.82, 2.24) is 10.6 Å². The van der Waals surface area contributed by atoms with Gasteiger partial charge in [0.25, 0.3) is 11.8 Å². The molecule has 0 saturated heterocycles. The average molecular weight is 320 g/mol. The molecule has 6 nitrogen and oxygen atoms in total. The van der Waals surface area contributed by atoms with E-state index in [2.05, 4.69) is 10.6 Å². The van der Waals surface area contributed by atoms with Gasteiger partial charge in [-0.25, -0.2) is 4.79 Å². The summed E-state index contributed by atoms with van der Waals surface area (Å²) in [6.45, 7) is 7.37. The van der Waals surface area contributed by atoms with Crippen molar-refractivity contribution in [2.24, 2.45) is 5.92 Å². The lowest BCUT2D eigenvalue weighted by Crippen LogP contribution is -2.45. The Bertz CT molecular complexity index is 566. The van der Waals surface area contributed by atoms with Gasteiger partial charge in [-0.3, -0.25) is 9.59 Å². The normalized spacial score (nSPS) is 13.3. The first-order valence-electron chi connectivity index (χ1n) is 7.70. The second-order valence-corrected chi connectivity index (χ2v) is 5.88. The second kappa shape index (κ2) is 8.31. The molecule has 1 aromatic rings. The van der Waals surface area contributed by atoms with Crippen LogP contribution in [-0.4, -0.2) is 35.0 Å². The zero-order valence-electron chi connectivity index (χ0n) is 13.9. The van der Waals surface area contributed by atoms with Gasteiger partial charge < -0.3 is 15.7 Å². The lowest BCUT2D eigenvalue weighted by molar-refractivity contribution is -0.140. The Kier molecular flexibility index (Phi) is 6.75. The van der Waals surface area contributed by atoms with E-state index in [-0.39, 0.29) is 17.9 Å². The minimum absolute atomic E-state index is 0.0253. The van der Waals surface area contributed by atoms with Gasteiger partial charge in [0.2, 0.25) is 0 Å². The van der Waals surface area contributed by atoms with Crippen molar-refractivity contribution >= 4 is 17.8 Å². The lowest BCUT2D eigenvalue weighted by Gasteiger charge is -2.20. The molecule has 23 heavy (non-hydrogen) atoms. The molecule has 0 bridgehead atoms. The molecule has 2 amide bonds. The molecule has 0 heterocycles. The fraction of sp³-hybridized carbons (Fsp3) is 0.471. The highest BCUT2D eigenvalue weighted by Crippen LogP contribution is 2.10. The molecule has 0 aliphatic heterocycles. The van der Waals surface area contributed by atoms with Crippen molar-refractivity contribution in [1.29, 1.82) is 0 Å². The van der Waals surface area contributed by atoms with Crippen molar-refractivity contribution in [2.45, 2.75) is 46.2 Å². The molecule has 1 rings (SSSR count). The molecular weight excluding hydrogens is 296 g/mol. The third-order valence-electron chi connectivity index (χ3n) is 3.59. The Labute approximate surface area is 136 Å². The summed E-state index contributed by atoms with van der Waals surface area (Å²) < 4.78 is 0. The maximum Gasteiger partial charge on any atom is 0.326 e. The highest BCUT2D eigenvalue weighted by Gasteiger charge is 2.25. The minimum Gasteiger partial charge on any atom is -0.480 e. The van der Waals surface area contributed by atoms with Gasteiger partial charge >= 0.3 is 5.97 Å². The predicted octanol–water partition coefficient (Wildman–Crippen LogP) is 2.05. The van der Waals surface area contributed by atoms with Crippen molar-refractivity contribution in [3.8, 4) is 0 Å². The SMILES string of the molecule is CC[C@H](C)[C@H](NC(=O)c1ccc(C(=O)NC(C)C)cc1)C(=O)O. The van der Waals surface area contributed by atoms with Crippen LogP contribution < -0.4 is 10.6 Å². The Hall–Kier alpha value is -2.37. The third kappa shape index (κ3) is 5.39. The van der Waals surface area contributed by atoms with E-state index in [0.717, 1.165) is 0 Å². The first-order valence-corrected chi connectivity index (χ1v) is 7.70. The topological polar surface area (TPSA) is 95.5 Å². The monoisotopic (exact) mass is 320 g/mol. The first kappa shape index (κ1) is 18.7. The number of nitrogens with one attached hydrogen (secondary N) is 2. The Morgan fingerprint density at radius 1 is 0.957 bits per heavy atom. The third-order valence-corrected chi connectivity index (χ3v) is 3.59. The number of carboxylic acids is 1. The molecule has 0 unspecified atom stereocenters. The maximum atomic E-state index is 12.2. The minimum atomic E-state index is -1.05. The zero-order chi connectivity index (χ0) is 17.6. The van der Waals surface area contributed by atoms with Crippen LogP contribution in [0.4, 0.5) is 0 Å². The van der Waals surface area contributed by atoms with Gasteiger partial charge in [0.15, 0.2) is 0 Å². The maximum absolute atomic E-state index is 12.2. The number of benzene rings is 1. The molecule has 0 aliphatic carbocycles. The van der Waals surface area contributed by atoms with E-state index in [1.165, 1.54) is 12.1 Å². The summed E-state index contributed by atoms with van der Waals surface area (Å²) in [5.41, 5.74) is 0.771. The molecule has 2 atom stereocenters. The van der Waals surface area contributed by atoms with Gasteiger partial charge in [-0.1, -0.05) is 20.3 Å². The molecule has 0 aromatic heterocycles. The molecule has 0 fully saturated rings. The molecular formula is C17H24N2O4. The Morgan fingerprint density at radius 3 is 1.74 bits per heavy atom. The van der Waals surface area contributed by atoms with Crippen LogP contribution in [0, 0.1) is 5.92 Å². The van der Waals surface area contributed by atoms with Crippen LogP contribution in [0.15, 0.2) is 24.3 Å². The molecule has 6 heteroatoms. The van der Waals surface area contributed by atoms with Crippen LogP contribution in [0.2, 0.25) is 0 Å². The smallest absolute Gasteiger partial charge is 0.326 e. The number of carboxylic acid groups (broad SMARTS) is 1. The number of carbonyl (C=O) groups is 3. The summed E-state index contributed by atoms with van der Waals surface area (Å²) in [4.78, 5) is 35.3. The van der Waals surface area contributed by atoms with Gasteiger partial charge in [0.1, 0.15) is 6.04 Å². The second-order valence-electron chi connectivity index (χ2n) is 5.88. The summed E-state index contributed by atoms with van der Waals surface area (Å²) in [6, 6.07) is 5.21. The Morgan fingerprint density at radius 2 is 1.39 bits per heavy atom. The van der Waals surface area contributed by atoms with Crippen LogP contribution in [0.5, 0.6) is 0 Å². The summed E-state index contributed by atoms with van der Waals surface area (Å²) >= 11 is 0. The summed E-state index contributed by atoms with van der Waals surface area (Å²) in [7, 11) is 0. The van der Waals surface area contributed by atoms with Crippen LogP contribution in [0.3, 0.4) is 0 Å². The van der Waals surface area contributed by atoms with E-state index < -0.39 is 17.9 Å². The van der Waals surface area contributed by atoms with Crippen LogP contribution in [0.1, 0.15) is 54.8 Å². The average Bonchev–Trinajstić information content (AvgIpc) is 2.50. The van der Waals surface area contributed by atoms with Gasteiger partial charge in [0.05, 0.1) is 0 Å². The van der Waals surface area contributed by atoms with E-state index >= 15 is 0 Å². The molecule has 0 radical (unpaired) electrons. The number of hydrogen-bond acceptors (Lipinski definition) is 3. The van der Waals surface area contributed by atoms with Crippen molar-refractivity contribution < 1.29 is 19.5 Å². The molecule has 126 valence electrons. The van der Waals surface area contributed by atoms with Crippen LogP contribution in [-0.2, 0) is 4.79 Å². The fourth-order valence-corrected chi connectivity index (χ4v) is 2.03. The largest absolute Gasteiger partial charge is 0.480 e. The predicted molar refractivity (Wildman–Crippen MR) is 87.4 cm³/mol. The first-order chi connectivity index (χ1) is 10.8. The number of amides is 2. The molecule has 0 aliphatic rings. The van der Waals surface area contributed by atoms with Crippen molar-refractivity contribution in [2.75, 3.05) is 0 Å². The van der Waals surface area contributed by atoms with E-state index in [4.69, 9.17) is 0 Å². The number of aliphatic carboxylic acids is 1. The molecule has 0 saturated carbocycles. The fourth-order valence-electron chi connectivity index (χ4n) is 2.03. The zero-order valence-corrected chi connectivity index (χ0v) is 13.9. The van der Waals surface area contributed by atoms with Gasteiger partial charge in [-0.15, -0.1) is 0 Å². The lowest BCUT2D eigenvalue weighted by atomic mass is 9.99. The summed E-state index contributed by atoms with van der Waals surface area (Å²) in [5, 5.41) is 14.5. The van der Waals surface area contributed by atoms with E-state index in [9.17, 15) is 19.5 Å². The van der Waals surface area contributed by atoms with Gasteiger partial charge in [-0.2, -0.15) is 0 Å².